The van der Waals surface area contributed by atoms with Gasteiger partial charge in [-0.1, -0.05) is 12.1 Å². The molecule has 0 fully saturated rings. The standard InChI is InChI=1S/C22H24FN3O2/c1-13(8-15-12-26(2)20-7-6-16(23)10-18(15)20)24-22(28)25-17-9-14-4-3-5-21(27)19(14)11-17/h3-7,10,12-13,17,27H,8-9,11H2,1-2H3,(H2,24,25,28). The van der Waals surface area contributed by atoms with Crippen LogP contribution < -0.4 is 10.6 Å². The summed E-state index contributed by atoms with van der Waals surface area (Å²) in [5.74, 6) is 0.0288. The number of benzene rings is 2. The normalized spacial score (nSPS) is 16.8. The smallest absolute Gasteiger partial charge is 0.315 e. The van der Waals surface area contributed by atoms with Crippen molar-refractivity contribution < 1.29 is 14.3 Å². The number of halogens is 1. The van der Waals surface area contributed by atoms with Gasteiger partial charge in [-0.2, -0.15) is 0 Å². The van der Waals surface area contributed by atoms with Crippen molar-refractivity contribution in [3.8, 4) is 5.75 Å². The second-order valence-electron chi connectivity index (χ2n) is 7.67. The molecule has 0 radical (unpaired) electrons. The highest BCUT2D eigenvalue weighted by Crippen LogP contribution is 2.29. The summed E-state index contributed by atoms with van der Waals surface area (Å²) in [4.78, 5) is 12.4. The van der Waals surface area contributed by atoms with Gasteiger partial charge in [-0.3, -0.25) is 0 Å². The summed E-state index contributed by atoms with van der Waals surface area (Å²) in [5, 5.41) is 16.8. The molecule has 2 atom stereocenters. The van der Waals surface area contributed by atoms with Crippen LogP contribution in [0.25, 0.3) is 10.9 Å². The molecular formula is C22H24FN3O2. The number of carbonyl (C=O) groups is 1. The highest BCUT2D eigenvalue weighted by atomic mass is 19.1. The van der Waals surface area contributed by atoms with Gasteiger partial charge in [0.05, 0.1) is 0 Å². The zero-order valence-corrected chi connectivity index (χ0v) is 16.0. The Morgan fingerprint density at radius 1 is 1.32 bits per heavy atom. The molecule has 0 spiro atoms. The van der Waals surface area contributed by atoms with Gasteiger partial charge in [0.25, 0.3) is 0 Å². The number of amides is 2. The molecule has 146 valence electrons. The summed E-state index contributed by atoms with van der Waals surface area (Å²) in [6.45, 7) is 1.94. The number of aryl methyl sites for hydroxylation is 1. The molecule has 3 N–H and O–H groups in total. The van der Waals surface area contributed by atoms with E-state index in [0.29, 0.717) is 25.0 Å². The predicted molar refractivity (Wildman–Crippen MR) is 107 cm³/mol. The van der Waals surface area contributed by atoms with Crippen molar-refractivity contribution in [3.63, 3.8) is 0 Å². The van der Waals surface area contributed by atoms with Crippen LogP contribution in [0.15, 0.2) is 42.6 Å². The van der Waals surface area contributed by atoms with E-state index in [1.54, 1.807) is 18.2 Å². The van der Waals surface area contributed by atoms with Gasteiger partial charge in [0.15, 0.2) is 0 Å². The van der Waals surface area contributed by atoms with Crippen LogP contribution in [0, 0.1) is 5.82 Å². The molecule has 0 aliphatic heterocycles. The van der Waals surface area contributed by atoms with Crippen LogP contribution in [0.5, 0.6) is 5.75 Å². The Morgan fingerprint density at radius 2 is 2.14 bits per heavy atom. The second-order valence-corrected chi connectivity index (χ2v) is 7.67. The Hall–Kier alpha value is -3.02. The molecular weight excluding hydrogens is 357 g/mol. The maximum atomic E-state index is 13.6. The Balaban J connectivity index is 1.37. The van der Waals surface area contributed by atoms with Gasteiger partial charge in [0.2, 0.25) is 0 Å². The summed E-state index contributed by atoms with van der Waals surface area (Å²) in [7, 11) is 1.93. The van der Waals surface area contributed by atoms with E-state index in [4.69, 9.17) is 0 Å². The molecule has 3 aromatic rings. The van der Waals surface area contributed by atoms with E-state index in [2.05, 4.69) is 10.6 Å². The van der Waals surface area contributed by atoms with Gasteiger partial charge in [-0.25, -0.2) is 9.18 Å². The van der Waals surface area contributed by atoms with E-state index < -0.39 is 0 Å². The first kappa shape index (κ1) is 18.3. The highest BCUT2D eigenvalue weighted by molar-refractivity contribution is 5.84. The van der Waals surface area contributed by atoms with Gasteiger partial charge in [-0.05, 0) is 67.1 Å². The predicted octanol–water partition coefficient (Wildman–Crippen LogP) is 3.42. The fourth-order valence-electron chi connectivity index (χ4n) is 4.17. The maximum absolute atomic E-state index is 13.6. The lowest BCUT2D eigenvalue weighted by Gasteiger charge is -2.17. The number of hydrogen-bond donors (Lipinski definition) is 3. The number of aromatic nitrogens is 1. The second kappa shape index (κ2) is 7.19. The summed E-state index contributed by atoms with van der Waals surface area (Å²) in [6.07, 6.45) is 3.94. The summed E-state index contributed by atoms with van der Waals surface area (Å²) >= 11 is 0. The molecule has 4 rings (SSSR count). The molecule has 5 nitrogen and oxygen atoms in total. The minimum Gasteiger partial charge on any atom is -0.508 e. The van der Waals surface area contributed by atoms with Crippen LogP contribution in [0.4, 0.5) is 9.18 Å². The lowest BCUT2D eigenvalue weighted by Crippen LogP contribution is -2.46. The van der Waals surface area contributed by atoms with Crippen molar-refractivity contribution >= 4 is 16.9 Å². The largest absolute Gasteiger partial charge is 0.508 e. The van der Waals surface area contributed by atoms with Gasteiger partial charge in [-0.15, -0.1) is 0 Å². The van der Waals surface area contributed by atoms with E-state index in [1.165, 1.54) is 6.07 Å². The maximum Gasteiger partial charge on any atom is 0.315 e. The molecule has 0 saturated heterocycles. The molecule has 0 bridgehead atoms. The molecule has 1 aromatic heterocycles. The fourth-order valence-corrected chi connectivity index (χ4v) is 4.17. The van der Waals surface area contributed by atoms with Crippen molar-refractivity contribution in [2.45, 2.75) is 38.3 Å². The summed E-state index contributed by atoms with van der Waals surface area (Å²) in [6, 6.07) is 9.90. The highest BCUT2D eigenvalue weighted by Gasteiger charge is 2.25. The van der Waals surface area contributed by atoms with Gasteiger partial charge in [0.1, 0.15) is 11.6 Å². The first-order valence-electron chi connectivity index (χ1n) is 9.51. The average molecular weight is 381 g/mol. The lowest BCUT2D eigenvalue weighted by atomic mass is 10.1. The Kier molecular flexibility index (Phi) is 4.71. The van der Waals surface area contributed by atoms with Crippen molar-refractivity contribution in [3.05, 3.63) is 65.1 Å². The first-order chi connectivity index (χ1) is 13.4. The zero-order valence-electron chi connectivity index (χ0n) is 16.0. The van der Waals surface area contributed by atoms with Crippen LogP contribution in [0.3, 0.4) is 0 Å². The third-order valence-corrected chi connectivity index (χ3v) is 5.44. The average Bonchev–Trinajstić information content (AvgIpc) is 3.16. The van der Waals surface area contributed by atoms with E-state index in [1.807, 2.05) is 36.9 Å². The van der Waals surface area contributed by atoms with Crippen molar-refractivity contribution in [2.75, 3.05) is 0 Å². The van der Waals surface area contributed by atoms with E-state index in [-0.39, 0.29) is 23.9 Å². The zero-order chi connectivity index (χ0) is 19.8. The van der Waals surface area contributed by atoms with Crippen LogP contribution in [0.1, 0.15) is 23.6 Å². The number of nitrogens with zero attached hydrogens (tertiary/aromatic N) is 1. The number of phenolic OH excluding ortho intramolecular Hbond substituents is 1. The number of phenols is 1. The van der Waals surface area contributed by atoms with Crippen molar-refractivity contribution in [1.29, 1.82) is 0 Å². The topological polar surface area (TPSA) is 66.3 Å². The number of rotatable bonds is 4. The molecule has 28 heavy (non-hydrogen) atoms. The molecule has 1 heterocycles. The van der Waals surface area contributed by atoms with Crippen LogP contribution in [-0.2, 0) is 26.3 Å². The SMILES string of the molecule is CC(Cc1cn(C)c2ccc(F)cc12)NC(=O)NC1Cc2cccc(O)c2C1. The molecule has 6 heteroatoms. The monoisotopic (exact) mass is 381 g/mol. The number of hydrogen-bond acceptors (Lipinski definition) is 2. The molecule has 0 saturated carbocycles. The summed E-state index contributed by atoms with van der Waals surface area (Å²) in [5.41, 5.74) is 3.97. The Morgan fingerprint density at radius 3 is 2.93 bits per heavy atom. The molecule has 1 aliphatic rings. The Labute approximate surface area is 163 Å². The molecule has 2 amide bonds. The van der Waals surface area contributed by atoms with E-state index in [9.17, 15) is 14.3 Å². The Bertz CT molecular complexity index is 1040. The van der Waals surface area contributed by atoms with Crippen molar-refractivity contribution in [1.82, 2.24) is 15.2 Å². The van der Waals surface area contributed by atoms with Crippen LogP contribution >= 0.6 is 0 Å². The van der Waals surface area contributed by atoms with Crippen molar-refractivity contribution in [2.24, 2.45) is 7.05 Å². The number of carbonyl (C=O) groups excluding carboxylic acids is 1. The number of fused-ring (bicyclic) bond motifs is 2. The van der Waals surface area contributed by atoms with E-state index in [0.717, 1.165) is 27.6 Å². The van der Waals surface area contributed by atoms with Crippen LogP contribution in [-0.4, -0.2) is 27.8 Å². The van der Waals surface area contributed by atoms with E-state index >= 15 is 0 Å². The minimum atomic E-state index is -0.262. The van der Waals surface area contributed by atoms with Gasteiger partial charge >= 0.3 is 6.03 Å². The molecule has 2 unspecified atom stereocenters. The molecule has 2 aromatic carbocycles. The number of nitrogens with one attached hydrogen (secondary N) is 2. The minimum absolute atomic E-state index is 0.0258. The van der Waals surface area contributed by atoms with Gasteiger partial charge in [0, 0.05) is 36.2 Å². The lowest BCUT2D eigenvalue weighted by molar-refractivity contribution is 0.234. The fraction of sp³-hybridized carbons (Fsp3) is 0.318. The van der Waals surface area contributed by atoms with Crippen LogP contribution in [0.2, 0.25) is 0 Å². The summed E-state index contributed by atoms with van der Waals surface area (Å²) < 4.78 is 15.6. The third kappa shape index (κ3) is 3.54. The number of urea groups is 1. The van der Waals surface area contributed by atoms with Gasteiger partial charge < -0.3 is 20.3 Å². The quantitative estimate of drug-likeness (QED) is 0.648. The number of aromatic hydroxyl groups is 1. The third-order valence-electron chi connectivity index (χ3n) is 5.44. The first-order valence-corrected chi connectivity index (χ1v) is 9.51. The molecule has 1 aliphatic carbocycles.